The van der Waals surface area contributed by atoms with Gasteiger partial charge in [-0.15, -0.1) is 11.3 Å². The van der Waals surface area contributed by atoms with Crippen molar-refractivity contribution in [3.05, 3.63) is 106 Å². The fourth-order valence-electron chi connectivity index (χ4n) is 4.42. The zero-order chi connectivity index (χ0) is 27.7. The zero-order valence-electron chi connectivity index (χ0n) is 22.7. The van der Waals surface area contributed by atoms with Crippen LogP contribution in [0.2, 0.25) is 0 Å². The second-order valence-electron chi connectivity index (χ2n) is 10.6. The molecule has 5 aromatic rings. The molecule has 0 aliphatic rings. The van der Waals surface area contributed by atoms with E-state index in [4.69, 9.17) is 4.98 Å². The molecule has 1 atom stereocenters. The predicted molar refractivity (Wildman–Crippen MR) is 164 cm³/mol. The van der Waals surface area contributed by atoms with Crippen molar-refractivity contribution in [1.29, 1.82) is 0 Å². The van der Waals surface area contributed by atoms with Crippen LogP contribution in [0.25, 0.3) is 27.0 Å². The summed E-state index contributed by atoms with van der Waals surface area (Å²) in [7, 11) is 0. The number of thiophene rings is 1. The summed E-state index contributed by atoms with van der Waals surface area (Å²) in [6, 6.07) is 25.6. The minimum Gasteiger partial charge on any atom is -0.325 e. The van der Waals surface area contributed by atoms with Gasteiger partial charge in [-0.2, -0.15) is 0 Å². The molecule has 198 valence electrons. The van der Waals surface area contributed by atoms with Crippen molar-refractivity contribution >= 4 is 44.9 Å². The lowest BCUT2D eigenvalue weighted by atomic mass is 9.87. The topological polar surface area (TPSA) is 64.0 Å². The zero-order valence-corrected chi connectivity index (χ0v) is 24.3. The molecule has 0 saturated heterocycles. The number of aromatic nitrogens is 2. The molecule has 5 nitrogen and oxygen atoms in total. The first-order valence-corrected chi connectivity index (χ1v) is 14.6. The third-order valence-electron chi connectivity index (χ3n) is 6.69. The monoisotopic (exact) mass is 553 g/mol. The molecule has 0 saturated carbocycles. The number of thioether (sulfide) groups is 1. The molecule has 0 bridgehead atoms. The number of fused-ring (bicyclic) bond motifs is 1. The lowest BCUT2D eigenvalue weighted by Gasteiger charge is -2.20. The summed E-state index contributed by atoms with van der Waals surface area (Å²) in [5.41, 5.74) is 5.41. The lowest BCUT2D eigenvalue weighted by molar-refractivity contribution is -0.115. The van der Waals surface area contributed by atoms with E-state index in [9.17, 15) is 9.59 Å². The van der Waals surface area contributed by atoms with Gasteiger partial charge in [-0.1, -0.05) is 93.2 Å². The van der Waals surface area contributed by atoms with Crippen molar-refractivity contribution in [2.75, 3.05) is 5.32 Å². The molecule has 0 aliphatic carbocycles. The summed E-state index contributed by atoms with van der Waals surface area (Å²) in [5, 5.41) is 5.61. The highest BCUT2D eigenvalue weighted by Crippen LogP contribution is 2.34. The maximum absolute atomic E-state index is 14.1. The number of anilines is 1. The minimum atomic E-state index is -0.486. The van der Waals surface area contributed by atoms with E-state index in [2.05, 4.69) is 26.1 Å². The number of carbonyl (C=O) groups is 1. The number of para-hydroxylation sites is 1. The Balaban J connectivity index is 1.52. The van der Waals surface area contributed by atoms with Crippen LogP contribution < -0.4 is 10.9 Å². The molecule has 1 N–H and O–H groups in total. The van der Waals surface area contributed by atoms with Crippen LogP contribution >= 0.6 is 23.1 Å². The summed E-state index contributed by atoms with van der Waals surface area (Å²) in [4.78, 5) is 32.9. The van der Waals surface area contributed by atoms with Crippen molar-refractivity contribution in [3.63, 3.8) is 0 Å². The predicted octanol–water partition coefficient (Wildman–Crippen LogP) is 7.84. The fraction of sp³-hybridized carbons (Fsp3) is 0.219. The Morgan fingerprint density at radius 2 is 1.64 bits per heavy atom. The van der Waals surface area contributed by atoms with Crippen LogP contribution in [0.5, 0.6) is 0 Å². The van der Waals surface area contributed by atoms with Crippen molar-refractivity contribution in [3.8, 4) is 16.8 Å². The Kier molecular flexibility index (Phi) is 7.47. The van der Waals surface area contributed by atoms with Crippen molar-refractivity contribution in [2.24, 2.45) is 0 Å². The first-order valence-electron chi connectivity index (χ1n) is 12.9. The Morgan fingerprint density at radius 3 is 2.31 bits per heavy atom. The van der Waals surface area contributed by atoms with Gasteiger partial charge in [0.05, 0.1) is 16.3 Å². The van der Waals surface area contributed by atoms with Gasteiger partial charge in [0.2, 0.25) is 5.91 Å². The van der Waals surface area contributed by atoms with Crippen LogP contribution in [-0.2, 0) is 10.2 Å². The average Bonchev–Trinajstić information content (AvgIpc) is 3.34. The minimum absolute atomic E-state index is 0.0391. The number of aryl methyl sites for hydroxylation is 1. The van der Waals surface area contributed by atoms with Gasteiger partial charge in [0.1, 0.15) is 4.83 Å². The Bertz CT molecular complexity index is 1700. The van der Waals surface area contributed by atoms with Gasteiger partial charge < -0.3 is 5.32 Å². The van der Waals surface area contributed by atoms with Gasteiger partial charge >= 0.3 is 0 Å². The number of hydrogen-bond acceptors (Lipinski definition) is 5. The molecule has 2 heterocycles. The third kappa shape index (κ3) is 5.56. The first-order chi connectivity index (χ1) is 18.6. The molecule has 2 aromatic heterocycles. The van der Waals surface area contributed by atoms with Gasteiger partial charge in [-0.3, -0.25) is 14.2 Å². The Hall–Kier alpha value is -3.68. The van der Waals surface area contributed by atoms with E-state index in [1.54, 1.807) is 4.57 Å². The Morgan fingerprint density at radius 1 is 0.974 bits per heavy atom. The summed E-state index contributed by atoms with van der Waals surface area (Å²) >= 11 is 2.74. The van der Waals surface area contributed by atoms with Gasteiger partial charge in [0.15, 0.2) is 5.16 Å². The number of carbonyl (C=O) groups excluding carboxylic acids is 1. The molecule has 0 unspecified atom stereocenters. The summed E-state index contributed by atoms with van der Waals surface area (Å²) in [5.74, 6) is -0.148. The maximum Gasteiger partial charge on any atom is 0.268 e. The Labute approximate surface area is 236 Å². The standard InChI is InChI=1S/C32H31N3O2S2/c1-20-11-9-10-14-26(20)35-30(37)27-25(22-12-7-6-8-13-22)19-38-29(27)34-31(35)39-21(2)28(36)33-24-17-15-23(16-18-24)32(3,4)5/h6-19,21H,1-5H3,(H,33,36)/t21-/m0/s1. The normalized spacial score (nSPS) is 12.4. The van der Waals surface area contributed by atoms with E-state index in [1.165, 1.54) is 28.7 Å². The van der Waals surface area contributed by atoms with Crippen LogP contribution in [0.1, 0.15) is 38.8 Å². The van der Waals surface area contributed by atoms with Gasteiger partial charge in [-0.25, -0.2) is 4.98 Å². The SMILES string of the molecule is Cc1ccccc1-n1c(S[C@@H](C)C(=O)Nc2ccc(C(C)(C)C)cc2)nc2scc(-c3ccccc3)c2c1=O. The molecule has 3 aromatic carbocycles. The molecular weight excluding hydrogens is 523 g/mol. The first kappa shape index (κ1) is 26.9. The molecule has 39 heavy (non-hydrogen) atoms. The molecule has 7 heteroatoms. The molecule has 0 radical (unpaired) electrons. The van der Waals surface area contributed by atoms with Crippen molar-refractivity contribution in [1.82, 2.24) is 9.55 Å². The molecular formula is C32H31N3O2S2. The van der Waals surface area contributed by atoms with E-state index in [0.29, 0.717) is 15.4 Å². The second kappa shape index (κ2) is 10.8. The van der Waals surface area contributed by atoms with E-state index in [1.807, 2.05) is 98.1 Å². The number of benzene rings is 3. The van der Waals surface area contributed by atoms with E-state index >= 15 is 0 Å². The number of nitrogens with zero attached hydrogens (tertiary/aromatic N) is 2. The average molecular weight is 554 g/mol. The molecule has 0 spiro atoms. The third-order valence-corrected chi connectivity index (χ3v) is 8.61. The maximum atomic E-state index is 14.1. The molecule has 0 fully saturated rings. The van der Waals surface area contributed by atoms with Crippen LogP contribution in [0, 0.1) is 6.92 Å². The molecule has 1 amide bonds. The second-order valence-corrected chi connectivity index (χ2v) is 12.8. The van der Waals surface area contributed by atoms with Gasteiger partial charge in [0.25, 0.3) is 5.56 Å². The smallest absolute Gasteiger partial charge is 0.268 e. The number of nitrogens with one attached hydrogen (secondary N) is 1. The highest BCUT2D eigenvalue weighted by molar-refractivity contribution is 8.00. The fourth-order valence-corrected chi connectivity index (χ4v) is 6.33. The van der Waals surface area contributed by atoms with Crippen LogP contribution in [0.3, 0.4) is 0 Å². The van der Waals surface area contributed by atoms with Gasteiger partial charge in [0, 0.05) is 16.6 Å². The number of hydrogen-bond donors (Lipinski definition) is 1. The number of amides is 1. The van der Waals surface area contributed by atoms with Crippen LogP contribution in [0.4, 0.5) is 5.69 Å². The van der Waals surface area contributed by atoms with Crippen molar-refractivity contribution in [2.45, 2.75) is 50.4 Å². The highest BCUT2D eigenvalue weighted by Gasteiger charge is 2.23. The van der Waals surface area contributed by atoms with E-state index < -0.39 is 5.25 Å². The molecule has 5 rings (SSSR count). The highest BCUT2D eigenvalue weighted by atomic mass is 32.2. The summed E-state index contributed by atoms with van der Waals surface area (Å²) < 4.78 is 1.66. The summed E-state index contributed by atoms with van der Waals surface area (Å²) in [6.45, 7) is 10.3. The van der Waals surface area contributed by atoms with Crippen LogP contribution in [0.15, 0.2) is 94.2 Å². The quantitative estimate of drug-likeness (QED) is 0.172. The van der Waals surface area contributed by atoms with Crippen molar-refractivity contribution < 1.29 is 4.79 Å². The summed E-state index contributed by atoms with van der Waals surface area (Å²) in [6.07, 6.45) is 0. The number of rotatable bonds is 6. The van der Waals surface area contributed by atoms with Crippen LogP contribution in [-0.4, -0.2) is 20.7 Å². The van der Waals surface area contributed by atoms with Gasteiger partial charge in [-0.05, 0) is 54.2 Å². The lowest BCUT2D eigenvalue weighted by Crippen LogP contribution is -2.26. The largest absolute Gasteiger partial charge is 0.325 e. The molecule has 0 aliphatic heterocycles. The van der Waals surface area contributed by atoms with E-state index in [-0.39, 0.29) is 16.9 Å². The van der Waals surface area contributed by atoms with E-state index in [0.717, 1.165) is 28.1 Å².